The summed E-state index contributed by atoms with van der Waals surface area (Å²) in [5, 5.41) is 3.33. The molecule has 1 aromatic rings. The standard InChI is InChI=1S/C17H26N2O2/c1-3-14-5-7-16(21-2)15(13-14)6-8-17(20)19-11-4-9-18-10-12-19/h5,7,13,18H,3-4,6,8-12H2,1-2H3. The lowest BCUT2D eigenvalue weighted by atomic mass is 10.0. The van der Waals surface area contributed by atoms with Crippen LogP contribution in [0.5, 0.6) is 5.75 Å². The lowest BCUT2D eigenvalue weighted by Crippen LogP contribution is -2.34. The highest BCUT2D eigenvalue weighted by Crippen LogP contribution is 2.22. The molecular formula is C17H26N2O2. The van der Waals surface area contributed by atoms with Gasteiger partial charge in [0.1, 0.15) is 5.75 Å². The molecule has 1 N–H and O–H groups in total. The van der Waals surface area contributed by atoms with Crippen molar-refractivity contribution in [3.63, 3.8) is 0 Å². The highest BCUT2D eigenvalue weighted by atomic mass is 16.5. The molecule has 0 radical (unpaired) electrons. The maximum absolute atomic E-state index is 12.3. The Bertz CT molecular complexity index is 466. The van der Waals surface area contributed by atoms with E-state index in [2.05, 4.69) is 24.4 Å². The van der Waals surface area contributed by atoms with Crippen molar-refractivity contribution in [2.75, 3.05) is 33.3 Å². The van der Waals surface area contributed by atoms with E-state index in [9.17, 15) is 4.79 Å². The second-order valence-electron chi connectivity index (χ2n) is 5.48. The first-order valence-electron chi connectivity index (χ1n) is 7.89. The molecule has 1 fully saturated rings. The lowest BCUT2D eigenvalue weighted by Gasteiger charge is -2.20. The number of hydrogen-bond donors (Lipinski definition) is 1. The molecule has 116 valence electrons. The van der Waals surface area contributed by atoms with Crippen LogP contribution in [0.2, 0.25) is 0 Å². The van der Waals surface area contributed by atoms with Crippen molar-refractivity contribution in [2.24, 2.45) is 0 Å². The third-order valence-electron chi connectivity index (χ3n) is 4.05. The number of carbonyl (C=O) groups excluding carboxylic acids is 1. The molecule has 0 saturated carbocycles. The fraction of sp³-hybridized carbons (Fsp3) is 0.588. The van der Waals surface area contributed by atoms with E-state index in [-0.39, 0.29) is 5.91 Å². The third kappa shape index (κ3) is 4.46. The van der Waals surface area contributed by atoms with Gasteiger partial charge in [-0.05, 0) is 43.0 Å². The van der Waals surface area contributed by atoms with Gasteiger partial charge in [0.05, 0.1) is 7.11 Å². The normalized spacial score (nSPS) is 15.6. The SMILES string of the molecule is CCc1ccc(OC)c(CCC(=O)N2CCCNCC2)c1. The molecule has 1 aliphatic heterocycles. The van der Waals surface area contributed by atoms with Gasteiger partial charge in [-0.25, -0.2) is 0 Å². The lowest BCUT2D eigenvalue weighted by molar-refractivity contribution is -0.130. The Morgan fingerprint density at radius 3 is 2.95 bits per heavy atom. The Kier molecular flexibility index (Phi) is 6.05. The summed E-state index contributed by atoms with van der Waals surface area (Å²) in [6, 6.07) is 6.26. The number of hydrogen-bond acceptors (Lipinski definition) is 3. The summed E-state index contributed by atoms with van der Waals surface area (Å²) >= 11 is 0. The molecule has 1 aromatic carbocycles. The smallest absolute Gasteiger partial charge is 0.222 e. The first kappa shape index (κ1) is 15.8. The molecular weight excluding hydrogens is 264 g/mol. The van der Waals surface area contributed by atoms with Crippen LogP contribution in [0.25, 0.3) is 0 Å². The van der Waals surface area contributed by atoms with Crippen molar-refractivity contribution < 1.29 is 9.53 Å². The highest BCUT2D eigenvalue weighted by molar-refractivity contribution is 5.76. The van der Waals surface area contributed by atoms with Crippen LogP contribution in [0.15, 0.2) is 18.2 Å². The Balaban J connectivity index is 1.96. The highest BCUT2D eigenvalue weighted by Gasteiger charge is 2.16. The maximum atomic E-state index is 12.3. The molecule has 0 bridgehead atoms. The average molecular weight is 290 g/mol. The monoisotopic (exact) mass is 290 g/mol. The molecule has 1 amide bonds. The summed E-state index contributed by atoms with van der Waals surface area (Å²) in [4.78, 5) is 14.3. The van der Waals surface area contributed by atoms with E-state index < -0.39 is 0 Å². The summed E-state index contributed by atoms with van der Waals surface area (Å²) in [7, 11) is 1.69. The summed E-state index contributed by atoms with van der Waals surface area (Å²) in [5.41, 5.74) is 2.43. The van der Waals surface area contributed by atoms with Crippen molar-refractivity contribution >= 4 is 5.91 Å². The number of nitrogens with one attached hydrogen (secondary N) is 1. The average Bonchev–Trinajstić information content (AvgIpc) is 2.81. The van der Waals surface area contributed by atoms with Gasteiger partial charge in [0.2, 0.25) is 5.91 Å². The van der Waals surface area contributed by atoms with Gasteiger partial charge in [-0.3, -0.25) is 4.79 Å². The van der Waals surface area contributed by atoms with Crippen LogP contribution in [-0.4, -0.2) is 44.1 Å². The number of nitrogens with zero attached hydrogens (tertiary/aromatic N) is 1. The summed E-state index contributed by atoms with van der Waals surface area (Å²) < 4.78 is 5.41. The van der Waals surface area contributed by atoms with E-state index in [0.29, 0.717) is 6.42 Å². The van der Waals surface area contributed by atoms with Gasteiger partial charge < -0.3 is 15.0 Å². The molecule has 0 unspecified atom stereocenters. The number of methoxy groups -OCH3 is 1. The van der Waals surface area contributed by atoms with Crippen LogP contribution in [0, 0.1) is 0 Å². The van der Waals surface area contributed by atoms with Crippen molar-refractivity contribution in [3.05, 3.63) is 29.3 Å². The second kappa shape index (κ2) is 8.03. The quantitative estimate of drug-likeness (QED) is 0.902. The fourth-order valence-electron chi connectivity index (χ4n) is 2.74. The molecule has 4 nitrogen and oxygen atoms in total. The van der Waals surface area contributed by atoms with E-state index in [1.165, 1.54) is 5.56 Å². The van der Waals surface area contributed by atoms with Crippen LogP contribution in [0.1, 0.15) is 30.9 Å². The summed E-state index contributed by atoms with van der Waals surface area (Å²) in [6.07, 6.45) is 3.35. The Labute approximate surface area is 127 Å². The first-order chi connectivity index (χ1) is 10.2. The van der Waals surface area contributed by atoms with Crippen LogP contribution in [-0.2, 0) is 17.6 Å². The van der Waals surface area contributed by atoms with E-state index in [1.54, 1.807) is 7.11 Å². The minimum atomic E-state index is 0.252. The minimum absolute atomic E-state index is 0.252. The minimum Gasteiger partial charge on any atom is -0.496 e. The van der Waals surface area contributed by atoms with Crippen LogP contribution in [0.3, 0.4) is 0 Å². The zero-order chi connectivity index (χ0) is 15.1. The van der Waals surface area contributed by atoms with Gasteiger partial charge >= 0.3 is 0 Å². The van der Waals surface area contributed by atoms with Crippen LogP contribution in [0.4, 0.5) is 0 Å². The number of carbonyl (C=O) groups is 1. The number of aryl methyl sites for hydroxylation is 2. The number of rotatable bonds is 5. The van der Waals surface area contributed by atoms with Gasteiger partial charge in [-0.1, -0.05) is 19.1 Å². The predicted molar refractivity (Wildman–Crippen MR) is 84.8 cm³/mol. The molecule has 0 aliphatic carbocycles. The number of benzene rings is 1. The molecule has 4 heteroatoms. The third-order valence-corrected chi connectivity index (χ3v) is 4.05. The fourth-order valence-corrected chi connectivity index (χ4v) is 2.74. The van der Waals surface area contributed by atoms with Crippen molar-refractivity contribution in [1.29, 1.82) is 0 Å². The number of amides is 1. The zero-order valence-electron chi connectivity index (χ0n) is 13.2. The van der Waals surface area contributed by atoms with Crippen molar-refractivity contribution in [1.82, 2.24) is 10.2 Å². The van der Waals surface area contributed by atoms with E-state index in [0.717, 1.165) is 56.8 Å². The largest absolute Gasteiger partial charge is 0.496 e. The Morgan fingerprint density at radius 1 is 1.33 bits per heavy atom. The summed E-state index contributed by atoms with van der Waals surface area (Å²) in [6.45, 7) is 5.75. The van der Waals surface area contributed by atoms with E-state index >= 15 is 0 Å². The molecule has 2 rings (SSSR count). The topological polar surface area (TPSA) is 41.6 Å². The molecule has 1 heterocycles. The van der Waals surface area contributed by atoms with Gasteiger partial charge in [0.15, 0.2) is 0 Å². The molecule has 0 atom stereocenters. The van der Waals surface area contributed by atoms with E-state index in [4.69, 9.17) is 4.74 Å². The molecule has 0 aromatic heterocycles. The molecule has 1 aliphatic rings. The molecule has 1 saturated heterocycles. The Hall–Kier alpha value is -1.55. The van der Waals surface area contributed by atoms with Crippen LogP contribution < -0.4 is 10.1 Å². The Morgan fingerprint density at radius 2 is 2.19 bits per heavy atom. The van der Waals surface area contributed by atoms with Gasteiger partial charge in [-0.2, -0.15) is 0 Å². The molecule has 21 heavy (non-hydrogen) atoms. The van der Waals surface area contributed by atoms with E-state index in [1.807, 2.05) is 11.0 Å². The first-order valence-corrected chi connectivity index (χ1v) is 7.89. The van der Waals surface area contributed by atoms with Crippen LogP contribution >= 0.6 is 0 Å². The zero-order valence-corrected chi connectivity index (χ0v) is 13.2. The van der Waals surface area contributed by atoms with Gasteiger partial charge in [0, 0.05) is 26.1 Å². The molecule has 0 spiro atoms. The van der Waals surface area contributed by atoms with Crippen molar-refractivity contribution in [3.8, 4) is 5.75 Å². The van der Waals surface area contributed by atoms with Gasteiger partial charge in [0.25, 0.3) is 0 Å². The number of ether oxygens (including phenoxy) is 1. The van der Waals surface area contributed by atoms with Crippen molar-refractivity contribution in [2.45, 2.75) is 32.6 Å². The maximum Gasteiger partial charge on any atom is 0.222 e. The van der Waals surface area contributed by atoms with Gasteiger partial charge in [-0.15, -0.1) is 0 Å². The predicted octanol–water partition coefficient (Wildman–Crippen LogP) is 2.01. The summed E-state index contributed by atoms with van der Waals surface area (Å²) in [5.74, 6) is 1.14. The second-order valence-corrected chi connectivity index (χ2v) is 5.48.